The highest BCUT2D eigenvalue weighted by Crippen LogP contribution is 2.44. The average Bonchev–Trinajstić information content (AvgIpc) is 3.68. The second-order valence-corrected chi connectivity index (χ2v) is 23.0. The number of nitrogens with zero attached hydrogens (tertiary/aromatic N) is 5. The molecule has 5 aromatic rings. The van der Waals surface area contributed by atoms with Gasteiger partial charge >= 0.3 is 6.09 Å². The molecule has 2 amide bonds. The van der Waals surface area contributed by atoms with Gasteiger partial charge in [0, 0.05) is 67.7 Å². The second kappa shape index (κ2) is 20.3. The first-order valence-electron chi connectivity index (χ1n) is 23.1. The normalized spacial score (nSPS) is 17.4. The molecule has 69 heavy (non-hydrogen) atoms. The Labute approximate surface area is 412 Å². The van der Waals surface area contributed by atoms with Gasteiger partial charge in [-0.25, -0.2) is 22.9 Å². The number of sulfonamides is 1. The third kappa shape index (κ3) is 12.5. The number of halogens is 1. The van der Waals surface area contributed by atoms with Crippen molar-refractivity contribution in [1.82, 2.24) is 19.5 Å². The van der Waals surface area contributed by atoms with Gasteiger partial charge in [0.2, 0.25) is 0 Å². The first kappa shape index (κ1) is 49.6. The van der Waals surface area contributed by atoms with E-state index in [0.717, 1.165) is 76.6 Å². The molecule has 2 saturated heterocycles. The summed E-state index contributed by atoms with van der Waals surface area (Å²) in [6, 6.07) is 21.8. The molecule has 1 aromatic heterocycles. The molecule has 0 radical (unpaired) electrons. The van der Waals surface area contributed by atoms with Crippen LogP contribution in [0, 0.1) is 15.5 Å². The summed E-state index contributed by atoms with van der Waals surface area (Å²) in [5.74, 6) is -0.567. The van der Waals surface area contributed by atoms with Gasteiger partial charge < -0.3 is 24.6 Å². The molecule has 0 bridgehead atoms. The van der Waals surface area contributed by atoms with Crippen LogP contribution in [-0.2, 0) is 14.8 Å². The molecule has 1 aliphatic carbocycles. The van der Waals surface area contributed by atoms with Crippen LogP contribution >= 0.6 is 22.9 Å². The standard InChI is InChI=1S/C50H59ClN8O8S2/c1-49(2,3)67-48(61)54-47-53-42-15-12-37(28-45(42)68-47)66-44-27-36(58-25-23-57(24-26-58)31-33-17-20-50(4,5)30-40(33)32-7-9-34(51)10-8-32)11-14-39(44)46(60)55-69(64,65)38-13-16-41(43(29-38)59(62)63)52-35-18-21-56(6)22-19-35/h7-16,27-29,35,52H,17-26,30-31H2,1-6H3,(H,55,60)(H,53,54,61). The van der Waals surface area contributed by atoms with E-state index in [0.29, 0.717) is 39.2 Å². The molecule has 2 aliphatic heterocycles. The Morgan fingerprint density at radius 3 is 2.38 bits per heavy atom. The molecular formula is C50H59ClN8O8S2. The monoisotopic (exact) mass is 998 g/mol. The number of ether oxygens (including phenoxy) is 2. The minimum absolute atomic E-state index is 0.0129. The van der Waals surface area contributed by atoms with Gasteiger partial charge in [-0.1, -0.05) is 54.5 Å². The van der Waals surface area contributed by atoms with Crippen LogP contribution in [0.5, 0.6) is 11.5 Å². The minimum Gasteiger partial charge on any atom is -0.456 e. The summed E-state index contributed by atoms with van der Waals surface area (Å²) in [5, 5.41) is 19.1. The van der Waals surface area contributed by atoms with Crippen LogP contribution in [0.25, 0.3) is 15.8 Å². The van der Waals surface area contributed by atoms with Gasteiger partial charge in [-0.05, 0) is 138 Å². The highest BCUT2D eigenvalue weighted by atomic mass is 35.5. The minimum atomic E-state index is -4.61. The van der Waals surface area contributed by atoms with Gasteiger partial charge in [0.15, 0.2) is 5.13 Å². The molecule has 0 unspecified atom stereocenters. The number of fused-ring (bicyclic) bond motifs is 1. The number of piperazine rings is 1. The first-order chi connectivity index (χ1) is 32.7. The predicted molar refractivity (Wildman–Crippen MR) is 273 cm³/mol. The maximum Gasteiger partial charge on any atom is 0.413 e. The van der Waals surface area contributed by atoms with Crippen LogP contribution in [0.1, 0.15) is 82.6 Å². The number of likely N-dealkylation sites (tertiary alicyclic amines) is 1. The van der Waals surface area contributed by atoms with E-state index in [4.69, 9.17) is 21.1 Å². The van der Waals surface area contributed by atoms with E-state index in [9.17, 15) is 28.1 Å². The molecule has 3 heterocycles. The fourth-order valence-corrected chi connectivity index (χ4v) is 11.0. The molecule has 0 atom stereocenters. The topological polar surface area (TPSA) is 189 Å². The predicted octanol–water partition coefficient (Wildman–Crippen LogP) is 10.4. The number of hydrogen-bond acceptors (Lipinski definition) is 14. The summed E-state index contributed by atoms with van der Waals surface area (Å²) in [4.78, 5) is 49.1. The van der Waals surface area contributed by atoms with Gasteiger partial charge in [0.25, 0.3) is 21.6 Å². The van der Waals surface area contributed by atoms with E-state index < -0.39 is 43.1 Å². The first-order valence-corrected chi connectivity index (χ1v) is 25.8. The lowest BCUT2D eigenvalue weighted by atomic mass is 9.72. The van der Waals surface area contributed by atoms with Crippen LogP contribution in [0.4, 0.5) is 27.0 Å². The highest BCUT2D eigenvalue weighted by Gasteiger charge is 2.31. The molecule has 0 spiro atoms. The Morgan fingerprint density at radius 2 is 1.68 bits per heavy atom. The van der Waals surface area contributed by atoms with Crippen molar-refractivity contribution in [2.24, 2.45) is 5.41 Å². The van der Waals surface area contributed by atoms with Crippen molar-refractivity contribution >= 4 is 82.9 Å². The molecular weight excluding hydrogens is 940 g/mol. The Bertz CT molecular complexity index is 2880. The number of nitro benzene ring substituents is 1. The maximum absolute atomic E-state index is 14.1. The number of allylic oxidation sites excluding steroid dienone is 1. The number of amides is 2. The van der Waals surface area contributed by atoms with Crippen LogP contribution in [0.3, 0.4) is 0 Å². The summed E-state index contributed by atoms with van der Waals surface area (Å²) >= 11 is 7.47. The summed E-state index contributed by atoms with van der Waals surface area (Å²) in [6.45, 7) is 15.4. The lowest BCUT2D eigenvalue weighted by Gasteiger charge is -2.39. The number of benzene rings is 4. The Hall–Kier alpha value is -5.79. The zero-order valence-corrected chi connectivity index (χ0v) is 42.2. The number of carbonyl (C=O) groups excluding carboxylic acids is 2. The van der Waals surface area contributed by atoms with Crippen molar-refractivity contribution in [3.63, 3.8) is 0 Å². The molecule has 3 N–H and O–H groups in total. The summed E-state index contributed by atoms with van der Waals surface area (Å²) in [7, 11) is -2.59. The molecule has 16 nitrogen and oxygen atoms in total. The average molecular weight is 1000 g/mol. The van der Waals surface area contributed by atoms with E-state index in [1.54, 1.807) is 51.1 Å². The van der Waals surface area contributed by atoms with E-state index in [1.165, 1.54) is 46.2 Å². The molecule has 19 heteroatoms. The number of rotatable bonds is 13. The van der Waals surface area contributed by atoms with Gasteiger partial charge in [-0.3, -0.25) is 25.1 Å². The van der Waals surface area contributed by atoms with Crippen LogP contribution in [0.15, 0.2) is 89.3 Å². The highest BCUT2D eigenvalue weighted by molar-refractivity contribution is 7.90. The van der Waals surface area contributed by atoms with Crippen LogP contribution in [-0.4, -0.2) is 105 Å². The van der Waals surface area contributed by atoms with Crippen molar-refractivity contribution in [2.75, 3.05) is 68.4 Å². The van der Waals surface area contributed by atoms with Crippen molar-refractivity contribution < 1.29 is 32.4 Å². The molecule has 0 saturated carbocycles. The summed E-state index contributed by atoms with van der Waals surface area (Å²) in [6.07, 6.45) is 4.04. The lowest BCUT2D eigenvalue weighted by Crippen LogP contribution is -2.47. The Balaban J connectivity index is 1.04. The van der Waals surface area contributed by atoms with E-state index in [2.05, 4.69) is 61.0 Å². The quantitative estimate of drug-likeness (QED) is 0.0747. The van der Waals surface area contributed by atoms with Crippen molar-refractivity contribution in [2.45, 2.75) is 83.3 Å². The number of nitrogens with one attached hydrogen (secondary N) is 3. The van der Waals surface area contributed by atoms with E-state index in [-0.39, 0.29) is 28.5 Å². The SMILES string of the molecule is CN1CCC(Nc2ccc(S(=O)(=O)NC(=O)c3ccc(N4CCN(CC5=C(c6ccc(Cl)cc6)CC(C)(C)CC5)CC4)cc3Oc3ccc4nc(NC(=O)OC(C)(C)C)sc4c3)cc2[N+](=O)[O-])CC1. The van der Waals surface area contributed by atoms with E-state index in [1.807, 2.05) is 19.2 Å². The third-order valence-corrected chi connectivity index (χ3v) is 15.2. The fourth-order valence-electron chi connectivity index (χ4n) is 8.98. The molecule has 366 valence electrons. The number of anilines is 3. The fraction of sp³-hybridized carbons (Fsp3) is 0.420. The van der Waals surface area contributed by atoms with Gasteiger partial charge in [0.05, 0.1) is 25.6 Å². The zero-order chi connectivity index (χ0) is 49.3. The lowest BCUT2D eigenvalue weighted by molar-refractivity contribution is -0.384. The molecule has 4 aromatic carbocycles. The largest absolute Gasteiger partial charge is 0.456 e. The number of aromatic nitrogens is 1. The third-order valence-electron chi connectivity index (χ3n) is 12.7. The number of thiazole rings is 1. The number of carbonyl (C=O) groups is 2. The number of piperidine rings is 1. The number of hydrogen-bond donors (Lipinski definition) is 3. The maximum atomic E-state index is 14.1. The Morgan fingerprint density at radius 1 is 0.957 bits per heavy atom. The van der Waals surface area contributed by atoms with Crippen LogP contribution in [0.2, 0.25) is 5.02 Å². The zero-order valence-electron chi connectivity index (χ0n) is 39.8. The van der Waals surface area contributed by atoms with Crippen molar-refractivity contribution in [3.05, 3.63) is 111 Å². The number of nitro groups is 1. The summed E-state index contributed by atoms with van der Waals surface area (Å²) in [5.41, 5.74) is 4.64. The van der Waals surface area contributed by atoms with Gasteiger partial charge in [0.1, 0.15) is 22.8 Å². The van der Waals surface area contributed by atoms with E-state index >= 15 is 0 Å². The smallest absolute Gasteiger partial charge is 0.413 e. The Kier molecular flexibility index (Phi) is 14.6. The van der Waals surface area contributed by atoms with Gasteiger partial charge in [-0.15, -0.1) is 0 Å². The molecule has 2 fully saturated rings. The second-order valence-electron chi connectivity index (χ2n) is 19.8. The van der Waals surface area contributed by atoms with Crippen molar-refractivity contribution in [1.29, 1.82) is 0 Å². The van der Waals surface area contributed by atoms with Gasteiger partial charge in [-0.2, -0.15) is 0 Å². The summed E-state index contributed by atoms with van der Waals surface area (Å²) < 4.78 is 42.3. The molecule has 3 aliphatic rings. The van der Waals surface area contributed by atoms with Crippen LogP contribution < -0.4 is 25.0 Å². The van der Waals surface area contributed by atoms with Crippen molar-refractivity contribution in [3.8, 4) is 11.5 Å². The molecule has 8 rings (SSSR count).